The van der Waals surface area contributed by atoms with Gasteiger partial charge in [0, 0.05) is 25.3 Å². The number of carbonyl (C=O) groups excluding carboxylic acids is 1. The zero-order chi connectivity index (χ0) is 19.9. The van der Waals surface area contributed by atoms with Crippen LogP contribution in [0.25, 0.3) is 11.0 Å². The molecule has 0 saturated heterocycles. The van der Waals surface area contributed by atoms with Gasteiger partial charge in [0.05, 0.1) is 18.1 Å². The number of halogens is 1. The second kappa shape index (κ2) is 9.73. The van der Waals surface area contributed by atoms with E-state index in [0.29, 0.717) is 47.7 Å². The van der Waals surface area contributed by atoms with Gasteiger partial charge >= 0.3 is 0 Å². The molecule has 1 unspecified atom stereocenters. The van der Waals surface area contributed by atoms with Crippen LogP contribution >= 0.6 is 15.9 Å². The van der Waals surface area contributed by atoms with Crippen molar-refractivity contribution in [2.45, 2.75) is 12.5 Å². The smallest absolute Gasteiger partial charge is 0.251 e. The molecule has 0 aliphatic carbocycles. The van der Waals surface area contributed by atoms with Crippen LogP contribution in [0.3, 0.4) is 0 Å². The Bertz CT molecular complexity index is 925. The number of rotatable bonds is 9. The van der Waals surface area contributed by atoms with Crippen LogP contribution in [0.2, 0.25) is 0 Å². The number of carbonyl (C=O) groups is 1. The van der Waals surface area contributed by atoms with Crippen LogP contribution in [-0.4, -0.2) is 37.9 Å². The van der Waals surface area contributed by atoms with Crippen molar-refractivity contribution in [3.8, 4) is 5.75 Å². The van der Waals surface area contributed by atoms with E-state index >= 15 is 0 Å². The number of fused-ring (bicyclic) bond motifs is 1. The summed E-state index contributed by atoms with van der Waals surface area (Å²) in [4.78, 5) is 12.6. The number of aliphatic hydroxyl groups excluding tert-OH is 1. The van der Waals surface area contributed by atoms with Crippen LogP contribution < -0.4 is 10.1 Å². The number of furan rings is 1. The fourth-order valence-corrected chi connectivity index (χ4v) is 3.23. The first-order valence-electron chi connectivity index (χ1n) is 8.94. The minimum atomic E-state index is -0.627. The monoisotopic (exact) mass is 447 g/mol. The number of methoxy groups -OCH3 is 1. The van der Waals surface area contributed by atoms with Gasteiger partial charge in [-0.1, -0.05) is 30.3 Å². The third-order valence-corrected chi connectivity index (χ3v) is 4.66. The normalized spacial score (nSPS) is 12.1. The molecule has 1 heterocycles. The number of aliphatic hydroxyl groups is 1. The Morgan fingerprint density at radius 3 is 2.75 bits per heavy atom. The van der Waals surface area contributed by atoms with Gasteiger partial charge in [-0.25, -0.2) is 0 Å². The van der Waals surface area contributed by atoms with E-state index in [1.807, 2.05) is 30.3 Å². The molecule has 2 N–H and O–H groups in total. The highest BCUT2D eigenvalue weighted by molar-refractivity contribution is 9.10. The molecule has 1 aromatic heterocycles. The lowest BCUT2D eigenvalue weighted by Crippen LogP contribution is -2.25. The lowest BCUT2D eigenvalue weighted by molar-refractivity contribution is 0.0942. The Balaban J connectivity index is 1.67. The van der Waals surface area contributed by atoms with Crippen LogP contribution in [0.4, 0.5) is 0 Å². The highest BCUT2D eigenvalue weighted by Gasteiger charge is 2.15. The van der Waals surface area contributed by atoms with Gasteiger partial charge in [-0.3, -0.25) is 4.79 Å². The van der Waals surface area contributed by atoms with Gasteiger partial charge in [-0.05, 0) is 40.0 Å². The van der Waals surface area contributed by atoms with Crippen molar-refractivity contribution in [2.24, 2.45) is 0 Å². The number of nitrogens with one attached hydrogen (secondary N) is 1. The van der Waals surface area contributed by atoms with Gasteiger partial charge in [-0.15, -0.1) is 0 Å². The van der Waals surface area contributed by atoms with Crippen molar-refractivity contribution in [2.75, 3.05) is 26.9 Å². The lowest BCUT2D eigenvalue weighted by atomic mass is 10.1. The second-order valence-electron chi connectivity index (χ2n) is 6.25. The largest absolute Gasteiger partial charge is 0.490 e. The molecular weight excluding hydrogens is 426 g/mol. The lowest BCUT2D eigenvalue weighted by Gasteiger charge is -2.12. The maximum atomic E-state index is 12.6. The summed E-state index contributed by atoms with van der Waals surface area (Å²) in [5.74, 6) is 0.296. The summed E-state index contributed by atoms with van der Waals surface area (Å²) in [6.07, 6.45) is -0.209. The van der Waals surface area contributed by atoms with Crippen molar-refractivity contribution in [1.29, 1.82) is 0 Å². The third kappa shape index (κ3) is 5.13. The molecule has 3 rings (SSSR count). The third-order valence-electron chi connectivity index (χ3n) is 4.26. The molecule has 6 nitrogen and oxygen atoms in total. The Morgan fingerprint density at radius 2 is 2.00 bits per heavy atom. The van der Waals surface area contributed by atoms with Crippen molar-refractivity contribution in [3.05, 3.63) is 64.3 Å². The summed E-state index contributed by atoms with van der Waals surface area (Å²) in [5.41, 5.74) is 1.81. The summed E-state index contributed by atoms with van der Waals surface area (Å²) >= 11 is 3.31. The number of benzene rings is 2. The molecule has 0 aliphatic rings. The van der Waals surface area contributed by atoms with Gasteiger partial charge < -0.3 is 24.3 Å². The number of hydrogen-bond acceptors (Lipinski definition) is 5. The number of hydrogen-bond donors (Lipinski definition) is 2. The van der Waals surface area contributed by atoms with Crippen LogP contribution in [-0.2, 0) is 4.74 Å². The van der Waals surface area contributed by atoms with Gasteiger partial charge in [0.2, 0.25) is 0 Å². The molecule has 1 atom stereocenters. The van der Waals surface area contributed by atoms with Crippen LogP contribution in [0.5, 0.6) is 5.75 Å². The standard InChI is InChI=1S/C21H22BrNO5/c1-26-9-10-27-18-11-15(12-19-16(18)13-20(22)28-19)21(25)23-8-7-17(24)14-5-3-2-4-6-14/h2-6,11-13,17,24H,7-10H2,1H3,(H,23,25). The van der Waals surface area contributed by atoms with Gasteiger partial charge in [-0.2, -0.15) is 0 Å². The zero-order valence-corrected chi connectivity index (χ0v) is 17.1. The van der Waals surface area contributed by atoms with E-state index in [-0.39, 0.29) is 5.91 Å². The minimum Gasteiger partial charge on any atom is -0.490 e. The van der Waals surface area contributed by atoms with E-state index in [9.17, 15) is 9.90 Å². The van der Waals surface area contributed by atoms with Crippen molar-refractivity contribution >= 4 is 32.8 Å². The summed E-state index contributed by atoms with van der Waals surface area (Å²) in [5, 5.41) is 13.8. The molecule has 0 fully saturated rings. The Morgan fingerprint density at radius 1 is 1.21 bits per heavy atom. The topological polar surface area (TPSA) is 80.9 Å². The van der Waals surface area contributed by atoms with E-state index < -0.39 is 6.10 Å². The zero-order valence-electron chi connectivity index (χ0n) is 15.5. The average Bonchev–Trinajstić information content (AvgIpc) is 3.09. The summed E-state index contributed by atoms with van der Waals surface area (Å²) in [6, 6.07) is 14.5. The van der Waals surface area contributed by atoms with Gasteiger partial charge in [0.25, 0.3) is 5.91 Å². The molecule has 3 aromatic rings. The highest BCUT2D eigenvalue weighted by atomic mass is 79.9. The minimum absolute atomic E-state index is 0.258. The average molecular weight is 448 g/mol. The maximum Gasteiger partial charge on any atom is 0.251 e. The summed E-state index contributed by atoms with van der Waals surface area (Å²) in [7, 11) is 1.60. The molecular formula is C21H22BrNO5. The fraction of sp³-hybridized carbons (Fsp3) is 0.286. The molecule has 0 saturated carbocycles. The van der Waals surface area contributed by atoms with Crippen molar-refractivity contribution in [1.82, 2.24) is 5.32 Å². The van der Waals surface area contributed by atoms with Gasteiger partial charge in [0.15, 0.2) is 4.67 Å². The van der Waals surface area contributed by atoms with E-state index in [1.165, 1.54) is 0 Å². The quantitative estimate of drug-likeness (QED) is 0.483. The molecule has 1 amide bonds. The van der Waals surface area contributed by atoms with E-state index in [0.717, 1.165) is 10.9 Å². The first-order chi connectivity index (χ1) is 13.6. The molecule has 2 aromatic carbocycles. The van der Waals surface area contributed by atoms with Crippen molar-refractivity contribution < 1.29 is 23.8 Å². The van der Waals surface area contributed by atoms with Crippen LogP contribution in [0.15, 0.2) is 57.6 Å². The van der Waals surface area contributed by atoms with Gasteiger partial charge in [0.1, 0.15) is 17.9 Å². The Kier molecular flexibility index (Phi) is 7.08. The maximum absolute atomic E-state index is 12.6. The highest BCUT2D eigenvalue weighted by Crippen LogP contribution is 2.32. The summed E-state index contributed by atoms with van der Waals surface area (Å²) in [6.45, 7) is 1.14. The molecule has 28 heavy (non-hydrogen) atoms. The van der Waals surface area contributed by atoms with E-state index in [2.05, 4.69) is 21.2 Å². The van der Waals surface area contributed by atoms with Crippen LogP contribution in [0, 0.1) is 0 Å². The Hall–Kier alpha value is -2.35. The molecule has 0 radical (unpaired) electrons. The first kappa shape index (κ1) is 20.4. The number of ether oxygens (including phenoxy) is 2. The SMILES string of the molecule is COCCOc1cc(C(=O)NCCC(O)c2ccccc2)cc2oc(Br)cc12. The van der Waals surface area contributed by atoms with E-state index in [4.69, 9.17) is 13.9 Å². The predicted molar refractivity (Wildman–Crippen MR) is 110 cm³/mol. The summed E-state index contributed by atoms with van der Waals surface area (Å²) < 4.78 is 16.9. The van der Waals surface area contributed by atoms with E-state index in [1.54, 1.807) is 25.3 Å². The molecule has 0 bridgehead atoms. The Labute approximate surface area is 171 Å². The van der Waals surface area contributed by atoms with Crippen molar-refractivity contribution in [3.63, 3.8) is 0 Å². The molecule has 0 spiro atoms. The number of amides is 1. The second-order valence-corrected chi connectivity index (χ2v) is 7.03. The van der Waals surface area contributed by atoms with Crippen LogP contribution in [0.1, 0.15) is 28.4 Å². The first-order valence-corrected chi connectivity index (χ1v) is 9.74. The predicted octanol–water partition coefficient (Wildman–Crippen LogP) is 4.07. The molecule has 7 heteroatoms. The molecule has 0 aliphatic heterocycles. The molecule has 148 valence electrons. The fourth-order valence-electron chi connectivity index (χ4n) is 2.83.